The Labute approximate surface area is 132 Å². The van der Waals surface area contributed by atoms with Crippen molar-refractivity contribution in [2.24, 2.45) is 5.92 Å². The van der Waals surface area contributed by atoms with Crippen molar-refractivity contribution < 1.29 is 19.3 Å². The average Bonchev–Trinajstić information content (AvgIpc) is 2.56. The number of pyridine rings is 1. The number of nitrogens with zero attached hydrogens (tertiary/aromatic N) is 2. The zero-order chi connectivity index (χ0) is 16.4. The van der Waals surface area contributed by atoms with E-state index in [0.717, 1.165) is 0 Å². The van der Waals surface area contributed by atoms with Crippen LogP contribution in [0.1, 0.15) is 17.5 Å². The molecule has 0 spiro atoms. The van der Waals surface area contributed by atoms with Gasteiger partial charge in [-0.25, -0.2) is 0 Å². The van der Waals surface area contributed by atoms with E-state index in [1.165, 1.54) is 12.1 Å². The van der Waals surface area contributed by atoms with Crippen molar-refractivity contribution in [1.82, 2.24) is 5.32 Å². The molecule has 3 atom stereocenters. The Bertz CT molecular complexity index is 781. The minimum absolute atomic E-state index is 0.0813. The summed E-state index contributed by atoms with van der Waals surface area (Å²) in [7, 11) is 0. The van der Waals surface area contributed by atoms with Gasteiger partial charge in [0.05, 0.1) is 12.0 Å². The van der Waals surface area contributed by atoms with Crippen LogP contribution in [0.4, 0.5) is 0 Å². The van der Waals surface area contributed by atoms with E-state index in [4.69, 9.17) is 0 Å². The van der Waals surface area contributed by atoms with Crippen LogP contribution in [0.2, 0.25) is 0 Å². The van der Waals surface area contributed by atoms with Crippen LogP contribution in [-0.2, 0) is 9.59 Å². The Hall–Kier alpha value is -3.20. The minimum Gasteiger partial charge on any atom is -0.508 e. The second kappa shape index (κ2) is 5.89. The molecule has 0 unspecified atom stereocenters. The van der Waals surface area contributed by atoms with Crippen molar-refractivity contribution >= 4 is 11.8 Å². The number of piperidine rings is 1. The van der Waals surface area contributed by atoms with Crippen LogP contribution in [0.25, 0.3) is 0 Å². The van der Waals surface area contributed by atoms with E-state index in [0.29, 0.717) is 5.56 Å². The highest BCUT2D eigenvalue weighted by Crippen LogP contribution is 2.36. The van der Waals surface area contributed by atoms with E-state index < -0.39 is 29.7 Å². The molecule has 2 heterocycles. The van der Waals surface area contributed by atoms with Gasteiger partial charge in [0.2, 0.25) is 11.9 Å². The Balaban J connectivity index is 2.13. The van der Waals surface area contributed by atoms with Crippen LogP contribution in [-0.4, -0.2) is 16.9 Å². The van der Waals surface area contributed by atoms with Gasteiger partial charge in [-0.15, -0.1) is 0 Å². The molecule has 0 radical (unpaired) electrons. The second-order valence-corrected chi connectivity index (χ2v) is 5.35. The molecule has 1 aliphatic heterocycles. The molecule has 6 heteroatoms. The van der Waals surface area contributed by atoms with Crippen molar-refractivity contribution in [1.29, 1.82) is 5.26 Å². The minimum atomic E-state index is -0.991. The number of nitrogens with one attached hydrogen (secondary N) is 1. The summed E-state index contributed by atoms with van der Waals surface area (Å²) < 4.78 is 1.68. The Morgan fingerprint density at radius 1 is 1.04 bits per heavy atom. The third-order valence-electron chi connectivity index (χ3n) is 3.97. The molecule has 6 nitrogen and oxygen atoms in total. The van der Waals surface area contributed by atoms with Gasteiger partial charge in [-0.3, -0.25) is 14.9 Å². The van der Waals surface area contributed by atoms with Crippen LogP contribution in [0.3, 0.4) is 0 Å². The van der Waals surface area contributed by atoms with E-state index >= 15 is 0 Å². The van der Waals surface area contributed by atoms with Crippen molar-refractivity contribution in [3.05, 3.63) is 60.4 Å². The highest BCUT2D eigenvalue weighted by molar-refractivity contribution is 6.02. The Kier molecular flexibility index (Phi) is 3.77. The summed E-state index contributed by atoms with van der Waals surface area (Å²) in [4.78, 5) is 24.5. The molecule has 23 heavy (non-hydrogen) atoms. The Morgan fingerprint density at radius 2 is 1.70 bits per heavy atom. The SMILES string of the molecule is N#C[C@@H]1C(=O)NC(=O)[C@@H]([n+]2ccccc2)[C@H]1c1ccc(O)cc1. The molecule has 1 aromatic heterocycles. The number of hydrogen-bond acceptors (Lipinski definition) is 4. The second-order valence-electron chi connectivity index (χ2n) is 5.35. The number of imide groups is 1. The maximum absolute atomic E-state index is 12.4. The van der Waals surface area contributed by atoms with Crippen molar-refractivity contribution in [2.75, 3.05) is 0 Å². The molecule has 0 saturated carbocycles. The van der Waals surface area contributed by atoms with E-state index in [2.05, 4.69) is 5.32 Å². The maximum atomic E-state index is 12.4. The van der Waals surface area contributed by atoms with Gasteiger partial charge in [0.1, 0.15) is 11.7 Å². The quantitative estimate of drug-likeness (QED) is 0.634. The molecule has 1 aromatic carbocycles. The predicted molar refractivity (Wildman–Crippen MR) is 78.8 cm³/mol. The normalized spacial score (nSPS) is 23.9. The third kappa shape index (κ3) is 2.64. The van der Waals surface area contributed by atoms with Crippen LogP contribution in [0, 0.1) is 17.2 Å². The molecule has 0 bridgehead atoms. The number of hydrogen-bond donors (Lipinski definition) is 2. The fourth-order valence-corrected chi connectivity index (χ4v) is 2.91. The number of benzene rings is 1. The fraction of sp³-hybridized carbons (Fsp3) is 0.176. The molecular weight excluding hydrogens is 294 g/mol. The number of nitriles is 1. The van der Waals surface area contributed by atoms with Crippen LogP contribution in [0.5, 0.6) is 5.75 Å². The van der Waals surface area contributed by atoms with Gasteiger partial charge in [-0.05, 0) is 17.7 Å². The molecule has 1 fully saturated rings. The standard InChI is InChI=1S/C17H13N3O3/c18-10-13-14(11-4-6-12(21)7-5-11)15(17(23)19-16(13)22)20-8-2-1-3-9-20/h1-9,13-15H,(H-,19,21,22,23)/p+1/t13-,14-,15-/m0/s1. The van der Waals surface area contributed by atoms with Gasteiger partial charge in [-0.1, -0.05) is 18.2 Å². The molecular formula is C17H14N3O3+. The van der Waals surface area contributed by atoms with E-state index in [1.54, 1.807) is 41.2 Å². The average molecular weight is 308 g/mol. The lowest BCUT2D eigenvalue weighted by molar-refractivity contribution is -0.713. The van der Waals surface area contributed by atoms with Crippen molar-refractivity contribution in [2.45, 2.75) is 12.0 Å². The van der Waals surface area contributed by atoms with Crippen LogP contribution < -0.4 is 9.88 Å². The number of aromatic hydroxyl groups is 1. The molecule has 3 rings (SSSR count). The van der Waals surface area contributed by atoms with Gasteiger partial charge in [0.25, 0.3) is 5.91 Å². The predicted octanol–water partition coefficient (Wildman–Crippen LogP) is 0.801. The number of carbonyl (C=O) groups excluding carboxylic acids is 2. The summed E-state index contributed by atoms with van der Waals surface area (Å²) in [6, 6.07) is 12.9. The monoisotopic (exact) mass is 308 g/mol. The summed E-state index contributed by atoms with van der Waals surface area (Å²) in [6.45, 7) is 0. The summed E-state index contributed by atoms with van der Waals surface area (Å²) in [5, 5.41) is 21.1. The number of phenolic OH excluding ortho intramolecular Hbond substituents is 1. The number of carbonyl (C=O) groups is 2. The first-order valence-corrected chi connectivity index (χ1v) is 7.11. The highest BCUT2D eigenvalue weighted by atomic mass is 16.3. The van der Waals surface area contributed by atoms with Crippen LogP contribution >= 0.6 is 0 Å². The van der Waals surface area contributed by atoms with Gasteiger partial charge in [-0.2, -0.15) is 9.83 Å². The molecule has 0 aliphatic carbocycles. The van der Waals surface area contributed by atoms with Crippen LogP contribution in [0.15, 0.2) is 54.9 Å². The number of aromatic nitrogens is 1. The zero-order valence-electron chi connectivity index (χ0n) is 12.1. The molecule has 2 N–H and O–H groups in total. The molecule has 1 saturated heterocycles. The number of phenols is 1. The first kappa shape index (κ1) is 14.7. The molecule has 2 aromatic rings. The van der Waals surface area contributed by atoms with E-state index in [1.807, 2.05) is 12.1 Å². The van der Waals surface area contributed by atoms with Gasteiger partial charge in [0.15, 0.2) is 12.4 Å². The van der Waals surface area contributed by atoms with E-state index in [9.17, 15) is 20.0 Å². The van der Waals surface area contributed by atoms with Gasteiger partial charge in [0, 0.05) is 12.1 Å². The molecule has 1 aliphatic rings. The summed E-state index contributed by atoms with van der Waals surface area (Å²) in [5.41, 5.74) is 0.652. The molecule has 114 valence electrons. The number of rotatable bonds is 2. The first-order chi connectivity index (χ1) is 11.1. The van der Waals surface area contributed by atoms with Gasteiger partial charge < -0.3 is 5.11 Å². The zero-order valence-corrected chi connectivity index (χ0v) is 12.1. The fourth-order valence-electron chi connectivity index (χ4n) is 2.91. The largest absolute Gasteiger partial charge is 0.508 e. The smallest absolute Gasteiger partial charge is 0.296 e. The number of amides is 2. The molecule has 2 amide bonds. The Morgan fingerprint density at radius 3 is 2.30 bits per heavy atom. The maximum Gasteiger partial charge on any atom is 0.296 e. The lowest BCUT2D eigenvalue weighted by Crippen LogP contribution is -2.59. The highest BCUT2D eigenvalue weighted by Gasteiger charge is 2.50. The lowest BCUT2D eigenvalue weighted by atomic mass is 9.77. The van der Waals surface area contributed by atoms with Gasteiger partial charge >= 0.3 is 0 Å². The summed E-state index contributed by atoms with van der Waals surface area (Å²) in [5.74, 6) is -2.58. The topological polar surface area (TPSA) is 94.1 Å². The lowest BCUT2D eigenvalue weighted by Gasteiger charge is -2.29. The van der Waals surface area contributed by atoms with Crippen molar-refractivity contribution in [3.63, 3.8) is 0 Å². The van der Waals surface area contributed by atoms with E-state index in [-0.39, 0.29) is 5.75 Å². The summed E-state index contributed by atoms with van der Waals surface area (Å²) >= 11 is 0. The van der Waals surface area contributed by atoms with Crippen molar-refractivity contribution in [3.8, 4) is 11.8 Å². The first-order valence-electron chi connectivity index (χ1n) is 7.11. The summed E-state index contributed by atoms with van der Waals surface area (Å²) in [6.07, 6.45) is 3.45. The third-order valence-corrected chi connectivity index (χ3v) is 3.97.